The first kappa shape index (κ1) is 14.9. The van der Waals surface area contributed by atoms with E-state index in [0.717, 1.165) is 12.8 Å². The van der Waals surface area contributed by atoms with Crippen LogP contribution in [0, 0.1) is 0 Å². The Labute approximate surface area is 111 Å². The molecule has 18 heavy (non-hydrogen) atoms. The van der Waals surface area contributed by atoms with E-state index < -0.39 is 0 Å². The Morgan fingerprint density at radius 1 is 1.56 bits per heavy atom. The predicted octanol–water partition coefficient (Wildman–Crippen LogP) is 0.814. The number of rotatable bonds is 7. The molecule has 0 bridgehead atoms. The number of nitrogens with one attached hydrogen (secondary N) is 1. The molecule has 0 saturated carbocycles. The Balaban J connectivity index is 2.66. The molecule has 0 aliphatic carbocycles. The largest absolute Gasteiger partial charge is 0.390 e. The highest BCUT2D eigenvalue weighted by molar-refractivity contribution is 6.21. The van der Waals surface area contributed by atoms with Crippen molar-refractivity contribution in [3.8, 4) is 0 Å². The molecule has 1 aromatic rings. The fraction of sp³-hybridized carbons (Fsp3) is 0.727. The van der Waals surface area contributed by atoms with Gasteiger partial charge in [-0.1, -0.05) is 30.2 Å². The van der Waals surface area contributed by atoms with E-state index in [2.05, 4.69) is 15.6 Å². The fourth-order valence-corrected chi connectivity index (χ4v) is 1.98. The van der Waals surface area contributed by atoms with Crippen molar-refractivity contribution in [2.45, 2.75) is 51.8 Å². The number of aromatic nitrogens is 3. The average molecular weight is 275 g/mol. The minimum Gasteiger partial charge on any atom is -0.390 e. The SMILES string of the molecule is CCCC(Cl)NC(=O)Cc1c(CO)nnn1CC. The molecular weight excluding hydrogens is 256 g/mol. The number of carbonyl (C=O) groups excluding carboxylic acids is 1. The van der Waals surface area contributed by atoms with Crippen LogP contribution in [0.5, 0.6) is 0 Å². The molecule has 0 fully saturated rings. The summed E-state index contributed by atoms with van der Waals surface area (Å²) in [4.78, 5) is 11.8. The maximum absolute atomic E-state index is 11.8. The predicted molar refractivity (Wildman–Crippen MR) is 68.0 cm³/mol. The van der Waals surface area contributed by atoms with Crippen LogP contribution in [0.25, 0.3) is 0 Å². The summed E-state index contributed by atoms with van der Waals surface area (Å²) in [6, 6.07) is 0. The number of aliphatic hydroxyl groups is 1. The Bertz CT molecular complexity index is 373. The second-order valence-electron chi connectivity index (χ2n) is 3.96. The molecular formula is C11H19ClN4O2. The molecule has 102 valence electrons. The third-order valence-corrected chi connectivity index (χ3v) is 2.88. The summed E-state index contributed by atoms with van der Waals surface area (Å²) in [5, 5.41) is 19.5. The highest BCUT2D eigenvalue weighted by atomic mass is 35.5. The first-order chi connectivity index (χ1) is 8.62. The van der Waals surface area contributed by atoms with Crippen molar-refractivity contribution in [2.24, 2.45) is 0 Å². The van der Waals surface area contributed by atoms with Gasteiger partial charge in [-0.2, -0.15) is 0 Å². The molecule has 7 heteroatoms. The van der Waals surface area contributed by atoms with Crippen LogP contribution >= 0.6 is 11.6 Å². The summed E-state index contributed by atoms with van der Waals surface area (Å²) in [6.07, 6.45) is 1.76. The molecule has 1 atom stereocenters. The van der Waals surface area contributed by atoms with Crippen LogP contribution in [0.2, 0.25) is 0 Å². The second kappa shape index (κ2) is 7.33. The first-order valence-corrected chi connectivity index (χ1v) is 6.51. The van der Waals surface area contributed by atoms with Crippen LogP contribution < -0.4 is 5.32 Å². The van der Waals surface area contributed by atoms with Crippen molar-refractivity contribution in [3.05, 3.63) is 11.4 Å². The van der Waals surface area contributed by atoms with Gasteiger partial charge in [0.15, 0.2) is 0 Å². The maximum atomic E-state index is 11.8. The van der Waals surface area contributed by atoms with Crippen molar-refractivity contribution in [2.75, 3.05) is 0 Å². The van der Waals surface area contributed by atoms with Crippen LogP contribution in [0.3, 0.4) is 0 Å². The summed E-state index contributed by atoms with van der Waals surface area (Å²) < 4.78 is 1.61. The minimum absolute atomic E-state index is 0.129. The standard InChI is InChI=1S/C11H19ClN4O2/c1-3-5-10(12)13-11(18)6-9-8(7-17)14-15-16(9)4-2/h10,17H,3-7H2,1-2H3,(H,13,18). The third kappa shape index (κ3) is 3.96. The molecule has 1 unspecified atom stereocenters. The third-order valence-electron chi connectivity index (χ3n) is 2.56. The summed E-state index contributed by atoms with van der Waals surface area (Å²) in [7, 11) is 0. The van der Waals surface area contributed by atoms with Crippen LogP contribution in [0.15, 0.2) is 0 Å². The van der Waals surface area contributed by atoms with Crippen LogP contribution in [0.4, 0.5) is 0 Å². The monoisotopic (exact) mass is 274 g/mol. The zero-order valence-corrected chi connectivity index (χ0v) is 11.4. The molecule has 1 aromatic heterocycles. The number of hydrogen-bond donors (Lipinski definition) is 2. The van der Waals surface area contributed by atoms with Crippen LogP contribution in [-0.2, 0) is 24.4 Å². The molecule has 0 saturated heterocycles. The summed E-state index contributed by atoms with van der Waals surface area (Å²) in [5.41, 5.74) is 0.720. The van der Waals surface area contributed by atoms with E-state index in [1.165, 1.54) is 0 Å². The van der Waals surface area contributed by atoms with Crippen molar-refractivity contribution in [1.29, 1.82) is 0 Å². The minimum atomic E-state index is -0.356. The van der Waals surface area contributed by atoms with Gasteiger partial charge in [-0.3, -0.25) is 4.79 Å². The normalized spacial score (nSPS) is 12.4. The summed E-state index contributed by atoms with van der Waals surface area (Å²) in [5.74, 6) is -0.185. The van der Waals surface area contributed by atoms with Crippen LogP contribution in [0.1, 0.15) is 38.1 Å². The quantitative estimate of drug-likeness (QED) is 0.570. The molecule has 0 aliphatic rings. The average Bonchev–Trinajstić information content (AvgIpc) is 2.71. The number of aliphatic hydroxyl groups excluding tert-OH is 1. The van der Waals surface area contributed by atoms with E-state index in [4.69, 9.17) is 16.7 Å². The van der Waals surface area contributed by atoms with Gasteiger partial charge in [0.05, 0.1) is 18.7 Å². The van der Waals surface area contributed by atoms with Gasteiger partial charge in [0, 0.05) is 6.54 Å². The highest BCUT2D eigenvalue weighted by Gasteiger charge is 2.16. The maximum Gasteiger partial charge on any atom is 0.227 e. The lowest BCUT2D eigenvalue weighted by Gasteiger charge is -2.11. The van der Waals surface area contributed by atoms with Gasteiger partial charge < -0.3 is 10.4 Å². The number of alkyl halides is 1. The topological polar surface area (TPSA) is 80.0 Å². The number of carbonyl (C=O) groups is 1. The highest BCUT2D eigenvalue weighted by Crippen LogP contribution is 2.08. The Morgan fingerprint density at radius 2 is 2.28 bits per heavy atom. The van der Waals surface area contributed by atoms with Crippen molar-refractivity contribution in [1.82, 2.24) is 20.3 Å². The van der Waals surface area contributed by atoms with E-state index in [9.17, 15) is 4.79 Å². The van der Waals surface area contributed by atoms with E-state index >= 15 is 0 Å². The molecule has 0 aliphatic heterocycles. The lowest BCUT2D eigenvalue weighted by atomic mass is 10.2. The van der Waals surface area contributed by atoms with Gasteiger partial charge in [-0.25, -0.2) is 4.68 Å². The van der Waals surface area contributed by atoms with Gasteiger partial charge >= 0.3 is 0 Å². The van der Waals surface area contributed by atoms with Gasteiger partial charge in [0.25, 0.3) is 0 Å². The molecule has 0 radical (unpaired) electrons. The second-order valence-corrected chi connectivity index (χ2v) is 4.48. The van der Waals surface area contributed by atoms with Gasteiger partial charge in [0.1, 0.15) is 11.2 Å². The smallest absolute Gasteiger partial charge is 0.227 e. The van der Waals surface area contributed by atoms with Gasteiger partial charge in [0.2, 0.25) is 5.91 Å². The van der Waals surface area contributed by atoms with Crippen LogP contribution in [-0.4, -0.2) is 31.5 Å². The summed E-state index contributed by atoms with van der Waals surface area (Å²) in [6.45, 7) is 4.29. The Kier molecular flexibility index (Phi) is 6.07. The first-order valence-electron chi connectivity index (χ1n) is 6.07. The molecule has 1 amide bonds. The Morgan fingerprint density at radius 3 is 2.83 bits per heavy atom. The van der Waals surface area contributed by atoms with E-state index in [1.807, 2.05) is 13.8 Å². The van der Waals surface area contributed by atoms with Crippen molar-refractivity contribution in [3.63, 3.8) is 0 Å². The lowest BCUT2D eigenvalue weighted by Crippen LogP contribution is -2.32. The summed E-state index contributed by atoms with van der Waals surface area (Å²) >= 11 is 5.94. The molecule has 2 N–H and O–H groups in total. The van der Waals surface area contributed by atoms with E-state index in [-0.39, 0.29) is 24.4 Å². The fourth-order valence-electron chi connectivity index (χ4n) is 1.64. The number of nitrogens with zero attached hydrogens (tertiary/aromatic N) is 3. The number of hydrogen-bond acceptors (Lipinski definition) is 4. The number of aryl methyl sites for hydroxylation is 1. The van der Waals surface area contributed by atoms with Gasteiger partial charge in [-0.15, -0.1) is 5.10 Å². The molecule has 6 nitrogen and oxygen atoms in total. The Hall–Kier alpha value is -1.14. The van der Waals surface area contributed by atoms with E-state index in [0.29, 0.717) is 17.9 Å². The van der Waals surface area contributed by atoms with Gasteiger partial charge in [-0.05, 0) is 13.3 Å². The van der Waals surface area contributed by atoms with Crippen molar-refractivity contribution >= 4 is 17.5 Å². The zero-order chi connectivity index (χ0) is 13.5. The van der Waals surface area contributed by atoms with E-state index in [1.54, 1.807) is 4.68 Å². The number of amides is 1. The zero-order valence-electron chi connectivity index (χ0n) is 10.7. The number of halogens is 1. The lowest BCUT2D eigenvalue weighted by molar-refractivity contribution is -0.120. The molecule has 1 heterocycles. The molecule has 1 rings (SSSR count). The molecule has 0 spiro atoms. The van der Waals surface area contributed by atoms with Crippen molar-refractivity contribution < 1.29 is 9.90 Å². The molecule has 0 aromatic carbocycles.